The van der Waals surface area contributed by atoms with E-state index in [-0.39, 0.29) is 10.9 Å². The summed E-state index contributed by atoms with van der Waals surface area (Å²) in [7, 11) is -0.133. The number of benzene rings is 2. The van der Waals surface area contributed by atoms with Gasteiger partial charge in [0.15, 0.2) is 4.80 Å². The van der Waals surface area contributed by atoms with Gasteiger partial charge in [-0.3, -0.25) is 4.79 Å². The van der Waals surface area contributed by atoms with Gasteiger partial charge in [0.1, 0.15) is 5.75 Å². The van der Waals surface area contributed by atoms with E-state index in [1.165, 1.54) is 29.9 Å². The van der Waals surface area contributed by atoms with Crippen molar-refractivity contribution in [3.05, 3.63) is 52.8 Å². The van der Waals surface area contributed by atoms with E-state index in [2.05, 4.69) is 4.99 Å². The Morgan fingerprint density at radius 3 is 2.48 bits per heavy atom. The molecule has 0 aliphatic heterocycles. The van der Waals surface area contributed by atoms with Crippen LogP contribution in [-0.4, -0.2) is 42.9 Å². The second kappa shape index (κ2) is 9.79. The van der Waals surface area contributed by atoms with E-state index in [4.69, 9.17) is 4.74 Å². The summed E-state index contributed by atoms with van der Waals surface area (Å²) in [5.41, 5.74) is 1.31. The Kier molecular flexibility index (Phi) is 7.02. The zero-order valence-corrected chi connectivity index (χ0v) is 20.8. The normalized spacial score (nSPS) is 15.9. The molecule has 1 aliphatic carbocycles. The fraction of sp³-hybridized carbons (Fsp3) is 0.417. The number of carbonyl (C=O) groups excluding carboxylic acids is 1. The van der Waals surface area contributed by atoms with Crippen molar-refractivity contribution in [2.75, 3.05) is 13.7 Å². The topological polar surface area (TPSA) is 81.0 Å². The predicted molar refractivity (Wildman–Crippen MR) is 130 cm³/mol. The molecule has 4 rings (SSSR count). The summed E-state index contributed by atoms with van der Waals surface area (Å²) >= 11 is 1.40. The molecule has 0 spiro atoms. The maximum absolute atomic E-state index is 13.2. The first-order valence-electron chi connectivity index (χ1n) is 11.2. The highest BCUT2D eigenvalue weighted by atomic mass is 32.2. The molecule has 0 radical (unpaired) electrons. The second-order valence-electron chi connectivity index (χ2n) is 8.22. The number of nitrogens with zero attached hydrogens (tertiary/aromatic N) is 3. The first-order valence-corrected chi connectivity index (χ1v) is 13.5. The molecule has 0 N–H and O–H groups in total. The van der Waals surface area contributed by atoms with Crippen molar-refractivity contribution < 1.29 is 17.9 Å². The lowest BCUT2D eigenvalue weighted by Crippen LogP contribution is -2.41. The molecule has 0 saturated heterocycles. The highest BCUT2D eigenvalue weighted by Gasteiger charge is 2.31. The molecule has 176 valence electrons. The van der Waals surface area contributed by atoms with Gasteiger partial charge in [-0.25, -0.2) is 8.42 Å². The molecule has 2 aromatic carbocycles. The molecule has 1 heterocycles. The van der Waals surface area contributed by atoms with Gasteiger partial charge in [0.05, 0.1) is 22.2 Å². The number of sulfonamides is 1. The summed E-state index contributed by atoms with van der Waals surface area (Å²) < 4.78 is 36.2. The van der Waals surface area contributed by atoms with Gasteiger partial charge in [0, 0.05) is 25.2 Å². The standard InChI is InChI=1S/C24H29N3O4S2/c1-4-27(18-8-6-5-7-9-18)33(29,30)20-13-10-17(11-14-20)23(28)25-24-26(2)21-15-12-19(31-3)16-22(21)32-24/h10-16,18H,4-9H2,1-3H3. The minimum Gasteiger partial charge on any atom is -0.497 e. The average molecular weight is 488 g/mol. The van der Waals surface area contributed by atoms with Crippen LogP contribution < -0.4 is 9.54 Å². The third kappa shape index (κ3) is 4.76. The van der Waals surface area contributed by atoms with Crippen molar-refractivity contribution in [3.8, 4) is 5.75 Å². The first-order chi connectivity index (χ1) is 15.8. The van der Waals surface area contributed by atoms with E-state index >= 15 is 0 Å². The molecular formula is C24H29N3O4S2. The van der Waals surface area contributed by atoms with E-state index in [0.717, 1.165) is 41.6 Å². The molecule has 7 nitrogen and oxygen atoms in total. The number of hydrogen-bond acceptors (Lipinski definition) is 5. The summed E-state index contributed by atoms with van der Waals surface area (Å²) in [5.74, 6) is 0.334. The largest absolute Gasteiger partial charge is 0.497 e. The highest BCUT2D eigenvalue weighted by Crippen LogP contribution is 2.28. The maximum Gasteiger partial charge on any atom is 0.279 e. The van der Waals surface area contributed by atoms with Crippen molar-refractivity contribution in [1.29, 1.82) is 0 Å². The van der Waals surface area contributed by atoms with Crippen molar-refractivity contribution >= 4 is 37.5 Å². The number of hydrogen-bond donors (Lipinski definition) is 0. The first kappa shape index (κ1) is 23.7. The van der Waals surface area contributed by atoms with Gasteiger partial charge in [-0.2, -0.15) is 9.30 Å². The van der Waals surface area contributed by atoms with Gasteiger partial charge in [-0.05, 0) is 55.3 Å². The summed E-state index contributed by atoms with van der Waals surface area (Å²) in [5, 5.41) is 0. The lowest BCUT2D eigenvalue weighted by atomic mass is 9.95. The summed E-state index contributed by atoms with van der Waals surface area (Å²) in [4.78, 5) is 17.9. The molecule has 33 heavy (non-hydrogen) atoms. The fourth-order valence-corrected chi connectivity index (χ4v) is 7.14. The van der Waals surface area contributed by atoms with E-state index in [0.29, 0.717) is 16.9 Å². The summed E-state index contributed by atoms with van der Waals surface area (Å²) in [6.07, 6.45) is 5.10. The Morgan fingerprint density at radius 2 is 1.85 bits per heavy atom. The van der Waals surface area contributed by atoms with Gasteiger partial charge in [0.2, 0.25) is 10.0 Å². The van der Waals surface area contributed by atoms with Crippen molar-refractivity contribution in [1.82, 2.24) is 8.87 Å². The number of rotatable bonds is 6. The Morgan fingerprint density at radius 1 is 1.15 bits per heavy atom. The van der Waals surface area contributed by atoms with Crippen molar-refractivity contribution in [3.63, 3.8) is 0 Å². The van der Waals surface area contributed by atoms with E-state index < -0.39 is 15.9 Å². The minimum absolute atomic E-state index is 0.0524. The second-order valence-corrected chi connectivity index (χ2v) is 11.1. The van der Waals surface area contributed by atoms with Crippen LogP contribution in [0.15, 0.2) is 52.4 Å². The molecule has 1 saturated carbocycles. The Hall–Kier alpha value is -2.49. The summed E-state index contributed by atoms with van der Waals surface area (Å²) in [6.45, 7) is 2.32. The van der Waals surface area contributed by atoms with E-state index in [9.17, 15) is 13.2 Å². The zero-order valence-electron chi connectivity index (χ0n) is 19.2. The zero-order chi connectivity index (χ0) is 23.6. The minimum atomic E-state index is -3.61. The quantitative estimate of drug-likeness (QED) is 0.518. The number of amides is 1. The maximum atomic E-state index is 13.2. The van der Waals surface area contributed by atoms with Crippen LogP contribution in [0.4, 0.5) is 0 Å². The van der Waals surface area contributed by atoms with Crippen LogP contribution in [-0.2, 0) is 17.1 Å². The number of fused-ring (bicyclic) bond motifs is 1. The molecule has 1 aliphatic rings. The van der Waals surface area contributed by atoms with Gasteiger partial charge in [-0.15, -0.1) is 0 Å². The Labute approximate surface area is 198 Å². The SMILES string of the molecule is CCN(C1CCCCC1)S(=O)(=O)c1ccc(C(=O)N=c2sc3cc(OC)ccc3n2C)cc1. The molecule has 0 unspecified atom stereocenters. The fourth-order valence-electron chi connectivity index (χ4n) is 4.40. The molecule has 9 heteroatoms. The third-order valence-corrected chi connectivity index (χ3v) is 9.35. The van der Waals surface area contributed by atoms with Gasteiger partial charge < -0.3 is 9.30 Å². The third-order valence-electron chi connectivity index (χ3n) is 6.22. The van der Waals surface area contributed by atoms with E-state index in [1.807, 2.05) is 36.7 Å². The number of aromatic nitrogens is 1. The van der Waals surface area contributed by atoms with Gasteiger partial charge in [-0.1, -0.05) is 37.5 Å². The van der Waals surface area contributed by atoms with Crippen LogP contribution in [0.5, 0.6) is 5.75 Å². The Bertz CT molecular complexity index is 1320. The lowest BCUT2D eigenvalue weighted by Gasteiger charge is -2.32. The summed E-state index contributed by atoms with van der Waals surface area (Å²) in [6, 6.07) is 11.9. The van der Waals surface area contributed by atoms with Gasteiger partial charge >= 0.3 is 0 Å². The van der Waals surface area contributed by atoms with Crippen molar-refractivity contribution in [2.45, 2.75) is 50.0 Å². The molecular weight excluding hydrogens is 458 g/mol. The number of aryl methyl sites for hydroxylation is 1. The van der Waals surface area contributed by atoms with Crippen LogP contribution in [0, 0.1) is 0 Å². The predicted octanol–water partition coefficient (Wildman–Crippen LogP) is 4.33. The molecule has 1 fully saturated rings. The van der Waals surface area contributed by atoms with Gasteiger partial charge in [0.25, 0.3) is 5.91 Å². The molecule has 0 bridgehead atoms. The monoisotopic (exact) mass is 487 g/mol. The van der Waals surface area contributed by atoms with Crippen LogP contribution in [0.25, 0.3) is 10.2 Å². The molecule has 1 aromatic heterocycles. The van der Waals surface area contributed by atoms with Crippen LogP contribution in [0.2, 0.25) is 0 Å². The lowest BCUT2D eigenvalue weighted by molar-refractivity contribution is 0.0998. The van der Waals surface area contributed by atoms with Crippen LogP contribution >= 0.6 is 11.3 Å². The average Bonchev–Trinajstić information content (AvgIpc) is 3.14. The molecule has 3 aromatic rings. The number of carbonyl (C=O) groups is 1. The number of methoxy groups -OCH3 is 1. The van der Waals surface area contributed by atoms with Crippen LogP contribution in [0.1, 0.15) is 49.4 Å². The molecule has 1 amide bonds. The number of ether oxygens (including phenoxy) is 1. The van der Waals surface area contributed by atoms with Crippen molar-refractivity contribution in [2.24, 2.45) is 12.0 Å². The Balaban J connectivity index is 1.59. The smallest absolute Gasteiger partial charge is 0.279 e. The number of thiazole rings is 1. The van der Waals surface area contributed by atoms with E-state index in [1.54, 1.807) is 23.5 Å². The highest BCUT2D eigenvalue weighted by molar-refractivity contribution is 7.89. The molecule has 0 atom stereocenters. The van der Waals surface area contributed by atoms with Crippen LogP contribution in [0.3, 0.4) is 0 Å².